The number of hydrogen-bond acceptors (Lipinski definition) is 5. The molecule has 1 aliphatic heterocycles. The van der Waals surface area contributed by atoms with Crippen LogP contribution >= 0.6 is 0 Å². The van der Waals surface area contributed by atoms with Gasteiger partial charge in [-0.1, -0.05) is 6.08 Å². The number of pyridine rings is 1. The highest BCUT2D eigenvalue weighted by Crippen LogP contribution is 2.25. The molecule has 8 heteroatoms. The van der Waals surface area contributed by atoms with Crippen molar-refractivity contribution in [1.82, 2.24) is 4.98 Å². The number of hydrogen-bond donors (Lipinski definition) is 4. The molecule has 0 saturated carbocycles. The van der Waals surface area contributed by atoms with Gasteiger partial charge in [-0.05, 0) is 12.1 Å². The predicted octanol–water partition coefficient (Wildman–Crippen LogP) is -0.686. The van der Waals surface area contributed by atoms with Crippen molar-refractivity contribution in [2.45, 2.75) is 4.99 Å². The number of rotatable bonds is 1. The van der Waals surface area contributed by atoms with E-state index in [2.05, 4.69) is 10.3 Å². The fraction of sp³-hybridized carbons (Fsp3) is 0.125. The van der Waals surface area contributed by atoms with Crippen molar-refractivity contribution in [3.63, 3.8) is 0 Å². The van der Waals surface area contributed by atoms with Crippen LogP contribution in [0.25, 0.3) is 6.08 Å². The van der Waals surface area contributed by atoms with E-state index in [0.29, 0.717) is 5.56 Å². The van der Waals surface area contributed by atoms with Gasteiger partial charge in [-0.25, -0.2) is 0 Å². The van der Waals surface area contributed by atoms with Crippen molar-refractivity contribution in [1.29, 1.82) is 0 Å². The van der Waals surface area contributed by atoms with Gasteiger partial charge in [0.05, 0.1) is 0 Å². The maximum Gasteiger partial charge on any atom is 0.307 e. The zero-order valence-corrected chi connectivity index (χ0v) is 8.78. The summed E-state index contributed by atoms with van der Waals surface area (Å²) in [5, 5.41) is 2.35. The smallest absolute Gasteiger partial charge is 0.307 e. The van der Waals surface area contributed by atoms with Gasteiger partial charge in [0.15, 0.2) is 0 Å². The second-order valence-electron chi connectivity index (χ2n) is 3.38. The Morgan fingerprint density at radius 3 is 2.69 bits per heavy atom. The van der Waals surface area contributed by atoms with Crippen molar-refractivity contribution in [2.24, 2.45) is 5.73 Å². The molecule has 1 aromatic heterocycles. The summed E-state index contributed by atoms with van der Waals surface area (Å²) in [6.45, 7) is 0. The van der Waals surface area contributed by atoms with Crippen molar-refractivity contribution in [3.8, 4) is 0 Å². The first-order valence-electron chi connectivity index (χ1n) is 4.28. The van der Waals surface area contributed by atoms with Gasteiger partial charge in [-0.15, -0.1) is 0 Å². The lowest BCUT2D eigenvalue weighted by Crippen LogP contribution is -2.54. The quantitative estimate of drug-likeness (QED) is 0.484. The van der Waals surface area contributed by atoms with Crippen LogP contribution in [0, 0.1) is 0 Å². The Kier molecular flexibility index (Phi) is 2.15. The van der Waals surface area contributed by atoms with Gasteiger partial charge in [0.1, 0.15) is 5.82 Å². The van der Waals surface area contributed by atoms with Crippen LogP contribution in [0.5, 0.6) is 0 Å². The molecule has 0 aromatic carbocycles. The standard InChI is InChI=1S/C8H9N3O4S/c9-8(16(13,14)15)4-3-5-1-2-6(12)10-7(5)11-8/h1-4H,9H2,(H2,10,11,12)(H,13,14,15). The molecule has 2 rings (SSSR count). The molecule has 5 N–H and O–H groups in total. The first kappa shape index (κ1) is 10.9. The summed E-state index contributed by atoms with van der Waals surface area (Å²) >= 11 is 0. The maximum atomic E-state index is 11.0. The van der Waals surface area contributed by atoms with Gasteiger partial charge in [0, 0.05) is 11.6 Å². The maximum absolute atomic E-state index is 11.0. The topological polar surface area (TPSA) is 125 Å². The van der Waals surface area contributed by atoms with E-state index >= 15 is 0 Å². The summed E-state index contributed by atoms with van der Waals surface area (Å²) in [5.41, 5.74) is 5.61. The van der Waals surface area contributed by atoms with Crippen LogP contribution in [0.1, 0.15) is 5.56 Å². The van der Waals surface area contributed by atoms with Crippen molar-refractivity contribution in [2.75, 3.05) is 5.32 Å². The molecule has 0 aliphatic carbocycles. The number of aromatic amines is 1. The first-order chi connectivity index (χ1) is 7.32. The zero-order chi connectivity index (χ0) is 12.0. The molecule has 16 heavy (non-hydrogen) atoms. The number of aromatic nitrogens is 1. The minimum absolute atomic E-state index is 0.148. The molecular weight excluding hydrogens is 234 g/mol. The third kappa shape index (κ3) is 1.62. The van der Waals surface area contributed by atoms with Crippen LogP contribution in [0.2, 0.25) is 0 Å². The Morgan fingerprint density at radius 2 is 2.06 bits per heavy atom. The fourth-order valence-electron chi connectivity index (χ4n) is 1.33. The molecule has 1 atom stereocenters. The fourth-order valence-corrected chi connectivity index (χ4v) is 1.80. The van der Waals surface area contributed by atoms with E-state index in [4.69, 9.17) is 10.3 Å². The molecule has 2 heterocycles. The third-order valence-corrected chi connectivity index (χ3v) is 3.30. The Balaban J connectivity index is 2.56. The van der Waals surface area contributed by atoms with E-state index in [1.54, 1.807) is 0 Å². The highest BCUT2D eigenvalue weighted by Gasteiger charge is 2.38. The number of H-pyrrole nitrogens is 1. The third-order valence-electron chi connectivity index (χ3n) is 2.21. The van der Waals surface area contributed by atoms with Crippen molar-refractivity contribution in [3.05, 3.63) is 34.1 Å². The molecule has 1 unspecified atom stereocenters. The number of fused-ring (bicyclic) bond motifs is 1. The SMILES string of the molecule is NC1(S(=O)(=O)O)C=Cc2ccc(=O)[nH]c2N1. The van der Waals surface area contributed by atoms with Gasteiger partial charge in [-0.2, -0.15) is 8.42 Å². The lowest BCUT2D eigenvalue weighted by molar-refractivity contribution is 0.457. The second kappa shape index (κ2) is 3.17. The summed E-state index contributed by atoms with van der Waals surface area (Å²) in [6.07, 6.45) is 2.50. The van der Waals surface area contributed by atoms with E-state index in [0.717, 1.165) is 6.08 Å². The lowest BCUT2D eigenvalue weighted by atomic mass is 10.2. The van der Waals surface area contributed by atoms with Gasteiger partial charge in [0.2, 0.25) is 10.6 Å². The largest absolute Gasteiger partial charge is 0.335 e. The van der Waals surface area contributed by atoms with Gasteiger partial charge in [0.25, 0.3) is 0 Å². The van der Waals surface area contributed by atoms with Crippen LogP contribution in [-0.4, -0.2) is 22.9 Å². The Bertz CT molecular complexity index is 618. The molecule has 86 valence electrons. The molecule has 1 aromatic rings. The average molecular weight is 243 g/mol. The van der Waals surface area contributed by atoms with Crippen molar-refractivity contribution >= 4 is 22.0 Å². The first-order valence-corrected chi connectivity index (χ1v) is 5.72. The van der Waals surface area contributed by atoms with Crippen LogP contribution in [0.15, 0.2) is 23.0 Å². The molecule has 0 radical (unpaired) electrons. The summed E-state index contributed by atoms with van der Waals surface area (Å²) in [4.78, 5) is 11.3. The van der Waals surface area contributed by atoms with E-state index < -0.39 is 20.7 Å². The molecule has 0 bridgehead atoms. The molecule has 1 aliphatic rings. The van der Waals surface area contributed by atoms with Gasteiger partial charge >= 0.3 is 10.1 Å². The Morgan fingerprint density at radius 1 is 1.38 bits per heavy atom. The van der Waals surface area contributed by atoms with E-state index in [-0.39, 0.29) is 5.82 Å². The minimum Gasteiger partial charge on any atom is -0.335 e. The average Bonchev–Trinajstić information content (AvgIpc) is 2.15. The lowest BCUT2D eigenvalue weighted by Gasteiger charge is -2.28. The molecule has 0 saturated heterocycles. The number of anilines is 1. The molecule has 0 fully saturated rings. The van der Waals surface area contributed by atoms with Gasteiger partial charge < -0.3 is 10.3 Å². The van der Waals surface area contributed by atoms with Crippen LogP contribution in [0.3, 0.4) is 0 Å². The molecule has 7 nitrogen and oxygen atoms in total. The summed E-state index contributed by atoms with van der Waals surface area (Å²) in [6, 6.07) is 2.79. The zero-order valence-electron chi connectivity index (χ0n) is 7.97. The van der Waals surface area contributed by atoms with Crippen molar-refractivity contribution < 1.29 is 13.0 Å². The minimum atomic E-state index is -4.52. The number of nitrogens with two attached hydrogens (primary N) is 1. The number of nitrogens with one attached hydrogen (secondary N) is 2. The molecule has 0 amide bonds. The molecular formula is C8H9N3O4S. The normalized spacial score (nSPS) is 23.6. The van der Waals surface area contributed by atoms with E-state index in [1.165, 1.54) is 18.2 Å². The van der Waals surface area contributed by atoms with Gasteiger partial charge in [-0.3, -0.25) is 15.1 Å². The van der Waals surface area contributed by atoms with E-state index in [1.807, 2.05) is 0 Å². The Hall–Kier alpha value is -1.64. The van der Waals surface area contributed by atoms with Crippen LogP contribution < -0.4 is 16.6 Å². The summed E-state index contributed by atoms with van der Waals surface area (Å²) in [5.74, 6) is 0.148. The summed E-state index contributed by atoms with van der Waals surface area (Å²) < 4.78 is 31.0. The highest BCUT2D eigenvalue weighted by atomic mass is 32.2. The van der Waals surface area contributed by atoms with Crippen LogP contribution in [-0.2, 0) is 10.1 Å². The monoisotopic (exact) mass is 243 g/mol. The predicted molar refractivity (Wildman–Crippen MR) is 58.2 cm³/mol. The van der Waals surface area contributed by atoms with Crippen LogP contribution in [0.4, 0.5) is 5.82 Å². The molecule has 0 spiro atoms. The second-order valence-corrected chi connectivity index (χ2v) is 5.01. The van der Waals surface area contributed by atoms with E-state index in [9.17, 15) is 13.2 Å². The Labute approximate surface area is 90.7 Å². The summed E-state index contributed by atoms with van der Waals surface area (Å²) in [7, 11) is -4.52. The highest BCUT2D eigenvalue weighted by molar-refractivity contribution is 7.87.